The van der Waals surface area contributed by atoms with Crippen LogP contribution in [0.2, 0.25) is 0 Å². The molecule has 0 spiro atoms. The van der Waals surface area contributed by atoms with Gasteiger partial charge in [-0.1, -0.05) is 26.0 Å². The van der Waals surface area contributed by atoms with E-state index in [1.807, 2.05) is 0 Å². The van der Waals surface area contributed by atoms with Crippen LogP contribution in [0.4, 0.5) is 17.1 Å². The van der Waals surface area contributed by atoms with Gasteiger partial charge in [-0.15, -0.1) is 0 Å². The summed E-state index contributed by atoms with van der Waals surface area (Å²) in [5.74, 6) is 0. The van der Waals surface area contributed by atoms with E-state index in [4.69, 9.17) is 0 Å². The molecule has 154 valence electrons. The average Bonchev–Trinajstić information content (AvgIpc) is 2.68. The number of hydrogen-bond donors (Lipinski definition) is 1. The van der Waals surface area contributed by atoms with E-state index in [9.17, 15) is 28.6 Å². The standard InChI is InChI=1S/C17H19N5O6S/c1-3-20(4-2)29(27,28)14-9-10-15(17(11-14)22(25)26)19-18-12-13-7-5-6-8-16(13)21(23)24/h5-12,19H,3-4H2,1-2H3/b18-12-. The largest absolute Gasteiger partial charge is 0.295 e. The maximum Gasteiger partial charge on any atom is 0.295 e. The summed E-state index contributed by atoms with van der Waals surface area (Å²) in [6.07, 6.45) is 1.16. The Balaban J connectivity index is 2.36. The Labute approximate surface area is 167 Å². The van der Waals surface area contributed by atoms with Crippen LogP contribution < -0.4 is 5.43 Å². The number of anilines is 1. The van der Waals surface area contributed by atoms with E-state index >= 15 is 0 Å². The van der Waals surface area contributed by atoms with Crippen molar-refractivity contribution in [3.05, 3.63) is 68.3 Å². The van der Waals surface area contributed by atoms with Crippen LogP contribution >= 0.6 is 0 Å². The highest BCUT2D eigenvalue weighted by molar-refractivity contribution is 7.89. The van der Waals surface area contributed by atoms with Crippen LogP contribution in [0.15, 0.2) is 52.5 Å². The lowest BCUT2D eigenvalue weighted by molar-refractivity contribution is -0.385. The predicted octanol–water partition coefficient (Wildman–Crippen LogP) is 2.98. The number of benzene rings is 2. The molecule has 29 heavy (non-hydrogen) atoms. The first-order chi connectivity index (χ1) is 13.7. The summed E-state index contributed by atoms with van der Waals surface area (Å²) in [6, 6.07) is 9.28. The van der Waals surface area contributed by atoms with E-state index in [-0.39, 0.29) is 34.9 Å². The average molecular weight is 421 g/mol. The van der Waals surface area contributed by atoms with Gasteiger partial charge in [-0.2, -0.15) is 9.41 Å². The maximum atomic E-state index is 12.6. The number of sulfonamides is 1. The number of hydrogen-bond acceptors (Lipinski definition) is 8. The highest BCUT2D eigenvalue weighted by atomic mass is 32.2. The molecule has 0 radical (unpaired) electrons. The molecule has 0 atom stereocenters. The lowest BCUT2D eigenvalue weighted by Gasteiger charge is -2.18. The summed E-state index contributed by atoms with van der Waals surface area (Å²) in [6.45, 7) is 3.80. The van der Waals surface area contributed by atoms with Gasteiger partial charge in [-0.25, -0.2) is 8.42 Å². The van der Waals surface area contributed by atoms with Gasteiger partial charge < -0.3 is 0 Å². The van der Waals surface area contributed by atoms with Gasteiger partial charge in [-0.05, 0) is 18.2 Å². The number of para-hydroxylation sites is 1. The molecule has 0 bridgehead atoms. The van der Waals surface area contributed by atoms with Gasteiger partial charge in [-0.3, -0.25) is 25.7 Å². The summed E-state index contributed by atoms with van der Waals surface area (Å²) in [7, 11) is -3.86. The van der Waals surface area contributed by atoms with Crippen molar-refractivity contribution >= 4 is 33.3 Å². The molecule has 0 saturated heterocycles. The maximum absolute atomic E-state index is 12.6. The number of nitro benzene ring substituents is 2. The predicted molar refractivity (Wildman–Crippen MR) is 108 cm³/mol. The van der Waals surface area contributed by atoms with Crippen molar-refractivity contribution < 1.29 is 18.3 Å². The van der Waals surface area contributed by atoms with Gasteiger partial charge in [0.2, 0.25) is 10.0 Å². The first-order valence-corrected chi connectivity index (χ1v) is 9.97. The molecule has 2 aromatic carbocycles. The molecule has 12 heteroatoms. The monoisotopic (exact) mass is 421 g/mol. The second-order valence-corrected chi connectivity index (χ2v) is 7.65. The Morgan fingerprint density at radius 2 is 1.66 bits per heavy atom. The zero-order chi connectivity index (χ0) is 21.6. The number of hydrazone groups is 1. The fraction of sp³-hybridized carbons (Fsp3) is 0.235. The SMILES string of the molecule is CCN(CC)S(=O)(=O)c1ccc(N/N=C\c2ccccc2[N+](=O)[O-])c([N+](=O)[O-])c1. The molecular formula is C17H19N5O6S. The van der Waals surface area contributed by atoms with Crippen LogP contribution in [0.3, 0.4) is 0 Å². The van der Waals surface area contributed by atoms with Crippen molar-refractivity contribution in [2.45, 2.75) is 18.7 Å². The van der Waals surface area contributed by atoms with Crippen LogP contribution in [-0.4, -0.2) is 41.9 Å². The van der Waals surface area contributed by atoms with Gasteiger partial charge in [0.15, 0.2) is 0 Å². The fourth-order valence-electron chi connectivity index (χ4n) is 2.56. The second kappa shape index (κ2) is 9.21. The van der Waals surface area contributed by atoms with Crippen molar-refractivity contribution in [2.75, 3.05) is 18.5 Å². The highest BCUT2D eigenvalue weighted by Crippen LogP contribution is 2.29. The van der Waals surface area contributed by atoms with Crippen LogP contribution in [0.5, 0.6) is 0 Å². The summed E-state index contributed by atoms with van der Waals surface area (Å²) in [5, 5.41) is 26.2. The van der Waals surface area contributed by atoms with Crippen LogP contribution in [0, 0.1) is 20.2 Å². The minimum absolute atomic E-state index is 0.0525. The molecule has 11 nitrogen and oxygen atoms in total. The Morgan fingerprint density at radius 1 is 1.03 bits per heavy atom. The van der Waals surface area contributed by atoms with E-state index in [1.54, 1.807) is 19.9 Å². The topological polar surface area (TPSA) is 148 Å². The summed E-state index contributed by atoms with van der Waals surface area (Å²) in [5.41, 5.74) is 1.93. The Bertz CT molecular complexity index is 1050. The first kappa shape index (κ1) is 21.9. The normalized spacial score (nSPS) is 11.7. The summed E-state index contributed by atoms with van der Waals surface area (Å²) in [4.78, 5) is 20.9. The smallest absolute Gasteiger partial charge is 0.272 e. The quantitative estimate of drug-likeness (QED) is 0.372. The molecule has 0 unspecified atom stereocenters. The number of nitrogens with zero attached hydrogens (tertiary/aromatic N) is 4. The molecule has 0 aliphatic heterocycles. The number of nitrogens with one attached hydrogen (secondary N) is 1. The molecule has 0 amide bonds. The molecule has 1 N–H and O–H groups in total. The molecule has 0 saturated carbocycles. The number of rotatable bonds is 9. The first-order valence-electron chi connectivity index (χ1n) is 8.53. The third-order valence-corrected chi connectivity index (χ3v) is 6.08. The Kier molecular flexibility index (Phi) is 6.96. The molecule has 0 aromatic heterocycles. The summed E-state index contributed by atoms with van der Waals surface area (Å²) < 4.78 is 26.3. The molecule has 2 aromatic rings. The fourth-order valence-corrected chi connectivity index (χ4v) is 4.04. The summed E-state index contributed by atoms with van der Waals surface area (Å²) >= 11 is 0. The third kappa shape index (κ3) is 4.92. The van der Waals surface area contributed by atoms with Gasteiger partial charge in [0, 0.05) is 25.2 Å². The van der Waals surface area contributed by atoms with Crippen molar-refractivity contribution in [1.82, 2.24) is 4.31 Å². The van der Waals surface area contributed by atoms with Gasteiger partial charge in [0.05, 0.1) is 26.5 Å². The zero-order valence-corrected chi connectivity index (χ0v) is 16.5. The van der Waals surface area contributed by atoms with Gasteiger partial charge in [0.25, 0.3) is 11.4 Å². The van der Waals surface area contributed by atoms with E-state index in [1.165, 1.54) is 34.6 Å². The number of nitro groups is 2. The second-order valence-electron chi connectivity index (χ2n) is 5.71. The minimum Gasteiger partial charge on any atom is -0.272 e. The van der Waals surface area contributed by atoms with Gasteiger partial charge >= 0.3 is 0 Å². The van der Waals surface area contributed by atoms with Crippen LogP contribution in [0.1, 0.15) is 19.4 Å². The molecule has 0 aliphatic rings. The lowest BCUT2D eigenvalue weighted by atomic mass is 10.2. The van der Waals surface area contributed by atoms with Crippen molar-refractivity contribution in [1.29, 1.82) is 0 Å². The van der Waals surface area contributed by atoms with Crippen molar-refractivity contribution in [2.24, 2.45) is 5.10 Å². The minimum atomic E-state index is -3.86. The molecule has 0 aliphatic carbocycles. The highest BCUT2D eigenvalue weighted by Gasteiger charge is 2.25. The van der Waals surface area contributed by atoms with Crippen molar-refractivity contribution in [3.63, 3.8) is 0 Å². The Hall–Kier alpha value is -3.38. The molecular weight excluding hydrogens is 402 g/mol. The van der Waals surface area contributed by atoms with E-state index < -0.39 is 25.6 Å². The van der Waals surface area contributed by atoms with Crippen LogP contribution in [-0.2, 0) is 10.0 Å². The third-order valence-electron chi connectivity index (χ3n) is 4.03. The van der Waals surface area contributed by atoms with E-state index in [0.717, 1.165) is 12.3 Å². The van der Waals surface area contributed by atoms with Gasteiger partial charge in [0.1, 0.15) is 5.69 Å². The molecule has 2 rings (SSSR count). The zero-order valence-electron chi connectivity index (χ0n) is 15.7. The Morgan fingerprint density at radius 3 is 2.24 bits per heavy atom. The molecule has 0 heterocycles. The van der Waals surface area contributed by atoms with E-state index in [2.05, 4.69) is 10.5 Å². The van der Waals surface area contributed by atoms with Crippen molar-refractivity contribution in [3.8, 4) is 0 Å². The van der Waals surface area contributed by atoms with Crippen LogP contribution in [0.25, 0.3) is 0 Å². The molecule has 0 fully saturated rings. The van der Waals surface area contributed by atoms with E-state index in [0.29, 0.717) is 0 Å². The lowest BCUT2D eigenvalue weighted by Crippen LogP contribution is -2.30.